The Morgan fingerprint density at radius 1 is 1.32 bits per heavy atom. The Bertz CT molecular complexity index is 652. The molecule has 22 heavy (non-hydrogen) atoms. The number of amides is 1. The minimum atomic E-state index is -0.232. The molecule has 1 amide bonds. The smallest absolute Gasteiger partial charge is 0.272 e. The van der Waals surface area contributed by atoms with E-state index in [4.69, 9.17) is 9.47 Å². The summed E-state index contributed by atoms with van der Waals surface area (Å²) in [5, 5.41) is 7.13. The molecule has 2 aromatic rings. The van der Waals surface area contributed by atoms with Gasteiger partial charge in [0.1, 0.15) is 17.2 Å². The zero-order valence-corrected chi connectivity index (χ0v) is 13.3. The Kier molecular flexibility index (Phi) is 5.04. The number of aromatic nitrogens is 2. The quantitative estimate of drug-likeness (QED) is 0.890. The topological polar surface area (TPSA) is 65.4 Å². The highest BCUT2D eigenvalue weighted by Gasteiger charge is 2.17. The molecule has 0 fully saturated rings. The third-order valence-electron chi connectivity index (χ3n) is 3.45. The third-order valence-corrected chi connectivity index (χ3v) is 3.45. The first-order valence-corrected chi connectivity index (χ1v) is 7.15. The summed E-state index contributed by atoms with van der Waals surface area (Å²) in [6, 6.07) is 6.97. The van der Waals surface area contributed by atoms with Gasteiger partial charge in [-0.2, -0.15) is 5.10 Å². The van der Waals surface area contributed by atoms with Gasteiger partial charge in [0.05, 0.1) is 20.3 Å². The van der Waals surface area contributed by atoms with Crippen molar-refractivity contribution >= 4 is 5.91 Å². The monoisotopic (exact) mass is 303 g/mol. The molecular formula is C16H21N3O3. The summed E-state index contributed by atoms with van der Waals surface area (Å²) < 4.78 is 12.3. The van der Waals surface area contributed by atoms with Crippen LogP contribution in [0.5, 0.6) is 11.5 Å². The van der Waals surface area contributed by atoms with Gasteiger partial charge in [-0.15, -0.1) is 0 Å². The van der Waals surface area contributed by atoms with E-state index in [1.807, 2.05) is 32.0 Å². The van der Waals surface area contributed by atoms with Gasteiger partial charge < -0.3 is 14.8 Å². The molecular weight excluding hydrogens is 282 g/mol. The van der Waals surface area contributed by atoms with E-state index in [0.29, 0.717) is 17.2 Å². The van der Waals surface area contributed by atoms with Gasteiger partial charge in [0.2, 0.25) is 0 Å². The van der Waals surface area contributed by atoms with Crippen molar-refractivity contribution < 1.29 is 14.3 Å². The van der Waals surface area contributed by atoms with E-state index < -0.39 is 0 Å². The molecule has 0 aliphatic rings. The first-order valence-electron chi connectivity index (χ1n) is 7.15. The number of nitrogens with one attached hydrogen (secondary N) is 1. The van der Waals surface area contributed by atoms with Crippen LogP contribution >= 0.6 is 0 Å². The average Bonchev–Trinajstić information content (AvgIpc) is 3.03. The summed E-state index contributed by atoms with van der Waals surface area (Å²) in [4.78, 5) is 12.3. The van der Waals surface area contributed by atoms with E-state index in [1.165, 1.54) is 0 Å². The SMILES string of the molecule is CCn1ccc(C(=O)N[C@H](C)c2cc(OC)ccc2OC)n1. The molecule has 0 unspecified atom stereocenters. The summed E-state index contributed by atoms with van der Waals surface area (Å²) >= 11 is 0. The fourth-order valence-corrected chi connectivity index (χ4v) is 2.19. The fraction of sp³-hybridized carbons (Fsp3) is 0.375. The highest BCUT2D eigenvalue weighted by atomic mass is 16.5. The van der Waals surface area contributed by atoms with Crippen LogP contribution in [0.4, 0.5) is 0 Å². The molecule has 0 aliphatic carbocycles. The number of benzene rings is 1. The van der Waals surface area contributed by atoms with Crippen LogP contribution in [-0.2, 0) is 6.54 Å². The van der Waals surface area contributed by atoms with E-state index in [-0.39, 0.29) is 11.9 Å². The van der Waals surface area contributed by atoms with Crippen molar-refractivity contribution in [3.63, 3.8) is 0 Å². The van der Waals surface area contributed by atoms with Crippen LogP contribution in [0.1, 0.15) is 35.9 Å². The van der Waals surface area contributed by atoms with Gasteiger partial charge in [-0.1, -0.05) is 0 Å². The molecule has 2 rings (SSSR count). The normalized spacial score (nSPS) is 11.8. The predicted molar refractivity (Wildman–Crippen MR) is 83.3 cm³/mol. The minimum absolute atomic E-state index is 0.218. The molecule has 1 N–H and O–H groups in total. The van der Waals surface area contributed by atoms with E-state index in [9.17, 15) is 4.79 Å². The summed E-state index contributed by atoms with van der Waals surface area (Å²) in [5.41, 5.74) is 1.25. The van der Waals surface area contributed by atoms with Crippen molar-refractivity contribution in [2.24, 2.45) is 0 Å². The van der Waals surface area contributed by atoms with Crippen molar-refractivity contribution in [1.29, 1.82) is 0 Å². The molecule has 0 radical (unpaired) electrons. The molecule has 6 nitrogen and oxygen atoms in total. The third kappa shape index (κ3) is 3.39. The van der Waals surface area contributed by atoms with Crippen LogP contribution in [0.15, 0.2) is 30.5 Å². The fourth-order valence-electron chi connectivity index (χ4n) is 2.19. The summed E-state index contributed by atoms with van der Waals surface area (Å²) in [6.45, 7) is 4.59. The minimum Gasteiger partial charge on any atom is -0.497 e. The highest BCUT2D eigenvalue weighted by molar-refractivity contribution is 5.92. The summed E-state index contributed by atoms with van der Waals surface area (Å²) in [5.74, 6) is 1.20. The molecule has 0 saturated heterocycles. The van der Waals surface area contributed by atoms with Crippen LogP contribution in [0, 0.1) is 0 Å². The molecule has 1 aromatic carbocycles. The number of hydrogen-bond acceptors (Lipinski definition) is 4. The van der Waals surface area contributed by atoms with Gasteiger partial charge in [0.15, 0.2) is 0 Å². The van der Waals surface area contributed by atoms with E-state index in [1.54, 1.807) is 31.2 Å². The first kappa shape index (κ1) is 15.9. The van der Waals surface area contributed by atoms with Gasteiger partial charge in [-0.25, -0.2) is 0 Å². The lowest BCUT2D eigenvalue weighted by molar-refractivity contribution is 0.0933. The second kappa shape index (κ2) is 6.98. The summed E-state index contributed by atoms with van der Waals surface area (Å²) in [6.07, 6.45) is 1.78. The first-order chi connectivity index (χ1) is 10.6. The summed E-state index contributed by atoms with van der Waals surface area (Å²) in [7, 11) is 3.20. The van der Waals surface area contributed by atoms with Crippen LogP contribution in [-0.4, -0.2) is 29.9 Å². The van der Waals surface area contributed by atoms with Gasteiger partial charge >= 0.3 is 0 Å². The zero-order valence-electron chi connectivity index (χ0n) is 13.3. The lowest BCUT2D eigenvalue weighted by atomic mass is 10.1. The Balaban J connectivity index is 2.17. The Labute approximate surface area is 130 Å². The maximum Gasteiger partial charge on any atom is 0.272 e. The number of methoxy groups -OCH3 is 2. The molecule has 0 bridgehead atoms. The lowest BCUT2D eigenvalue weighted by Crippen LogP contribution is -2.27. The number of carbonyl (C=O) groups is 1. The molecule has 0 spiro atoms. The van der Waals surface area contributed by atoms with E-state index in [0.717, 1.165) is 12.1 Å². The van der Waals surface area contributed by atoms with Gasteiger partial charge in [0, 0.05) is 18.3 Å². The van der Waals surface area contributed by atoms with Crippen LogP contribution in [0.2, 0.25) is 0 Å². The average molecular weight is 303 g/mol. The van der Waals surface area contributed by atoms with E-state index in [2.05, 4.69) is 10.4 Å². The maximum atomic E-state index is 12.3. The Morgan fingerprint density at radius 3 is 2.68 bits per heavy atom. The van der Waals surface area contributed by atoms with Crippen LogP contribution in [0.3, 0.4) is 0 Å². The molecule has 1 atom stereocenters. The van der Waals surface area contributed by atoms with Crippen LogP contribution in [0.25, 0.3) is 0 Å². The van der Waals surface area contributed by atoms with Crippen molar-refractivity contribution in [2.75, 3.05) is 14.2 Å². The largest absolute Gasteiger partial charge is 0.497 e. The van der Waals surface area contributed by atoms with E-state index >= 15 is 0 Å². The number of nitrogens with zero attached hydrogens (tertiary/aromatic N) is 2. The second-order valence-corrected chi connectivity index (χ2v) is 4.86. The number of hydrogen-bond donors (Lipinski definition) is 1. The molecule has 0 aliphatic heterocycles. The number of aryl methyl sites for hydroxylation is 1. The number of rotatable bonds is 6. The lowest BCUT2D eigenvalue weighted by Gasteiger charge is -2.17. The van der Waals surface area contributed by atoms with Crippen LogP contribution < -0.4 is 14.8 Å². The number of carbonyl (C=O) groups excluding carboxylic acids is 1. The molecule has 1 aromatic heterocycles. The molecule has 1 heterocycles. The Morgan fingerprint density at radius 2 is 2.09 bits per heavy atom. The molecule has 6 heteroatoms. The maximum absolute atomic E-state index is 12.3. The second-order valence-electron chi connectivity index (χ2n) is 4.86. The van der Waals surface area contributed by atoms with Gasteiger partial charge in [-0.05, 0) is 38.1 Å². The van der Waals surface area contributed by atoms with Gasteiger partial charge in [0.25, 0.3) is 5.91 Å². The predicted octanol–water partition coefficient (Wildman–Crippen LogP) is 2.41. The highest BCUT2D eigenvalue weighted by Crippen LogP contribution is 2.29. The van der Waals surface area contributed by atoms with Crippen molar-refractivity contribution in [3.8, 4) is 11.5 Å². The van der Waals surface area contributed by atoms with Gasteiger partial charge in [-0.3, -0.25) is 9.48 Å². The van der Waals surface area contributed by atoms with Crippen molar-refractivity contribution in [1.82, 2.24) is 15.1 Å². The zero-order chi connectivity index (χ0) is 16.1. The Hall–Kier alpha value is -2.50. The molecule has 0 saturated carbocycles. The standard InChI is InChI=1S/C16H21N3O3/c1-5-19-9-8-14(18-19)16(20)17-11(2)13-10-12(21-3)6-7-15(13)22-4/h6-11H,5H2,1-4H3,(H,17,20)/t11-/m1/s1. The van der Waals surface area contributed by atoms with Crippen molar-refractivity contribution in [2.45, 2.75) is 26.4 Å². The van der Waals surface area contributed by atoms with Crippen molar-refractivity contribution in [3.05, 3.63) is 41.7 Å². The number of ether oxygens (including phenoxy) is 2. The molecule has 118 valence electrons.